The molecule has 0 atom stereocenters. The maximum absolute atomic E-state index is 2.98. The van der Waals surface area contributed by atoms with Crippen molar-refractivity contribution in [2.45, 2.75) is 175 Å². The van der Waals surface area contributed by atoms with E-state index in [1.165, 1.54) is 0 Å². The molecule has 2 radical (unpaired) electrons. The molecule has 0 heterocycles. The van der Waals surface area contributed by atoms with E-state index in [1.54, 1.807) is 0 Å². The molecule has 0 fully saturated rings. The van der Waals surface area contributed by atoms with Crippen molar-refractivity contribution in [1.82, 2.24) is 0 Å². The van der Waals surface area contributed by atoms with Crippen LogP contribution in [0.2, 0.25) is 160 Å². The summed E-state index contributed by atoms with van der Waals surface area (Å²) in [6, 6.07) is 5.95. The van der Waals surface area contributed by atoms with Crippen LogP contribution in [0.15, 0.2) is 12.1 Å². The second-order valence-corrected chi connectivity index (χ2v) is 77.5. The fourth-order valence-electron chi connectivity index (χ4n) is 10.1. The molecule has 0 aliphatic rings. The Bertz CT molecular complexity index is 980. The molecule has 250 valence electrons. The minimum atomic E-state index is -1.48. The van der Waals surface area contributed by atoms with Crippen LogP contribution in [0.5, 0.6) is 0 Å². The van der Waals surface area contributed by atoms with Gasteiger partial charge in [0.15, 0.2) is 0 Å². The predicted octanol–water partition coefficient (Wildman–Crippen LogP) is 12.1. The van der Waals surface area contributed by atoms with Gasteiger partial charge in [-0.05, 0) is 0 Å². The van der Waals surface area contributed by atoms with Crippen LogP contribution in [-0.2, 0) is 0 Å². The van der Waals surface area contributed by atoms with Crippen LogP contribution in [0.1, 0.15) is 32.2 Å². The van der Waals surface area contributed by atoms with Crippen molar-refractivity contribution >= 4 is 91.9 Å². The number of hydrogen-bond acceptors (Lipinski definition) is 0. The van der Waals surface area contributed by atoms with Crippen LogP contribution in [0, 0.1) is 0 Å². The summed E-state index contributed by atoms with van der Waals surface area (Å²) in [5.74, 6) is 0. The van der Waals surface area contributed by atoms with Gasteiger partial charge in [-0.15, -0.1) is 0 Å². The standard InChI is InChI=1S/C27H59Si6.C7H19Si2.Pb/c1-28(2,3)25(29(4,5)6)22-19-23(26(30(7,8)9)31(10,11)12)21-24(20-22)27(32(13,14)15)33(16,17)18;1-8(2,3)7-9(4,5)6;/h19-20,25-27H,1-18H3;7H,1-6H3;. The maximum atomic E-state index is 2.98. The molecule has 0 spiro atoms. The molecule has 1 aromatic rings. The van der Waals surface area contributed by atoms with E-state index >= 15 is 0 Å². The van der Waals surface area contributed by atoms with E-state index in [4.69, 9.17) is 0 Å². The van der Waals surface area contributed by atoms with Crippen molar-refractivity contribution in [2.24, 2.45) is 0 Å². The summed E-state index contributed by atoms with van der Waals surface area (Å²) < 4.78 is 3.19. The van der Waals surface area contributed by atoms with E-state index < -0.39 is 88.8 Å². The summed E-state index contributed by atoms with van der Waals surface area (Å²) in [6.07, 6.45) is 0. The molecular weight excluding hydrogens is 840 g/mol. The van der Waals surface area contributed by atoms with Gasteiger partial charge in [-0.25, -0.2) is 0 Å². The molecule has 43 heavy (non-hydrogen) atoms. The normalized spacial score (nSPS) is 15.4. The summed E-state index contributed by atoms with van der Waals surface area (Å²) in [7, 11) is -11.4. The Morgan fingerprint density at radius 2 is 0.581 bits per heavy atom. The van der Waals surface area contributed by atoms with Crippen LogP contribution in [0.4, 0.5) is 0 Å². The first-order valence-corrected chi connectivity index (χ1v) is 50.2. The van der Waals surface area contributed by atoms with Crippen molar-refractivity contribution in [2.75, 3.05) is 0 Å². The fourth-order valence-corrected chi connectivity index (χ4v) is 78.5. The summed E-state index contributed by atoms with van der Waals surface area (Å²) in [4.78, 5) is 0. The van der Waals surface area contributed by atoms with Gasteiger partial charge in [0.05, 0.1) is 0 Å². The van der Waals surface area contributed by atoms with Crippen molar-refractivity contribution in [1.29, 1.82) is 0 Å². The van der Waals surface area contributed by atoms with Gasteiger partial charge in [0, 0.05) is 0 Å². The molecule has 9 heteroatoms. The monoisotopic (exact) mass is 918 g/mol. The van der Waals surface area contributed by atoms with Gasteiger partial charge >= 0.3 is 296 Å². The van der Waals surface area contributed by atoms with Crippen LogP contribution >= 0.6 is 0 Å². The molecule has 0 amide bonds. The first-order chi connectivity index (χ1) is 18.4. The third-order valence-electron chi connectivity index (χ3n) is 9.39. The summed E-state index contributed by atoms with van der Waals surface area (Å²) >= 11 is -1.18. The Morgan fingerprint density at radius 3 is 0.767 bits per heavy atom. The van der Waals surface area contributed by atoms with Crippen LogP contribution in [-0.4, -0.2) is 88.8 Å². The van der Waals surface area contributed by atoms with Crippen molar-refractivity contribution in [3.8, 4) is 0 Å². The summed E-state index contributed by atoms with van der Waals surface area (Å²) in [5, 5.41) is 2.51. The van der Waals surface area contributed by atoms with Crippen molar-refractivity contribution < 1.29 is 0 Å². The average Bonchev–Trinajstić information content (AvgIpc) is 2.57. The van der Waals surface area contributed by atoms with Gasteiger partial charge < -0.3 is 0 Å². The number of rotatable bonds is 13. The van der Waals surface area contributed by atoms with Crippen molar-refractivity contribution in [3.05, 3.63) is 28.8 Å². The molecule has 0 saturated carbocycles. The van der Waals surface area contributed by atoms with Gasteiger partial charge in [0.25, 0.3) is 0 Å². The topological polar surface area (TPSA) is 0 Å². The molecule has 0 unspecified atom stereocenters. The van der Waals surface area contributed by atoms with Gasteiger partial charge in [-0.2, -0.15) is 0 Å². The predicted molar refractivity (Wildman–Crippen MR) is 231 cm³/mol. The van der Waals surface area contributed by atoms with Gasteiger partial charge in [-0.1, -0.05) is 0 Å². The molecule has 0 nitrogen and oxygen atoms in total. The molecule has 0 N–H and O–H groups in total. The van der Waals surface area contributed by atoms with E-state index in [-0.39, 0.29) is 0 Å². The molecular formula is C34H78PbSi8. The molecule has 0 aliphatic carbocycles. The first-order valence-electron chi connectivity index (χ1n) is 17.4. The van der Waals surface area contributed by atoms with E-state index in [0.717, 1.165) is 18.2 Å². The third kappa shape index (κ3) is 11.5. The van der Waals surface area contributed by atoms with E-state index in [2.05, 4.69) is 172 Å². The second-order valence-electron chi connectivity index (χ2n) is 22.9. The van der Waals surface area contributed by atoms with Crippen LogP contribution in [0.3, 0.4) is 0 Å². The van der Waals surface area contributed by atoms with Crippen LogP contribution < -0.4 is 3.12 Å². The quantitative estimate of drug-likeness (QED) is 0.173. The minimum absolute atomic E-state index is 0.817. The zero-order valence-corrected chi connectivity index (χ0v) is 45.9. The average molecular weight is 919 g/mol. The number of hydrogen-bond donors (Lipinski definition) is 0. The molecule has 0 aliphatic heterocycles. The van der Waals surface area contributed by atoms with Gasteiger partial charge in [0.2, 0.25) is 0 Å². The molecule has 0 aromatic heterocycles. The van der Waals surface area contributed by atoms with Gasteiger partial charge in [0.1, 0.15) is 0 Å². The van der Waals surface area contributed by atoms with E-state index in [1.807, 2.05) is 16.7 Å². The Balaban J connectivity index is 4.76. The zero-order valence-electron chi connectivity index (χ0n) is 34.0. The zero-order chi connectivity index (χ0) is 34.7. The third-order valence-corrected chi connectivity index (χ3v) is 73.2. The number of benzene rings is 1. The second kappa shape index (κ2) is 13.6. The molecule has 0 saturated heterocycles. The van der Waals surface area contributed by atoms with E-state index in [9.17, 15) is 0 Å². The van der Waals surface area contributed by atoms with Gasteiger partial charge in [-0.3, -0.25) is 0 Å². The SMILES string of the molecule is C[Si](C)(C)[CH]([Pb][c]1c(C([Si](C)(C)C)[Si](C)(C)C)cc(C([Si](C)(C)C)[Si](C)(C)C)cc1C([Si](C)(C)C)[Si](C)(C)C)[Si](C)(C)C. The Hall–Kier alpha value is 1.88. The fraction of sp³-hybridized carbons (Fsp3) is 0.824. The Kier molecular flexibility index (Phi) is 13.6. The summed E-state index contributed by atoms with van der Waals surface area (Å²) in [6.45, 7) is 65.4. The Labute approximate surface area is 293 Å². The Morgan fingerprint density at radius 1 is 0.349 bits per heavy atom. The molecule has 1 aromatic carbocycles. The van der Waals surface area contributed by atoms with E-state index in [0.29, 0.717) is 0 Å². The molecule has 1 rings (SSSR count). The first kappa shape index (κ1) is 42.9. The molecule has 0 bridgehead atoms. The summed E-state index contributed by atoms with van der Waals surface area (Å²) in [5.41, 5.74) is 5.76. The van der Waals surface area contributed by atoms with Crippen LogP contribution in [0.25, 0.3) is 0 Å². The van der Waals surface area contributed by atoms with Crippen molar-refractivity contribution in [3.63, 3.8) is 0 Å².